The molecule has 124 valence electrons. The summed E-state index contributed by atoms with van der Waals surface area (Å²) in [6.07, 6.45) is 0.602. The maximum atomic E-state index is 12.4. The number of nitrogens with two attached hydrogens (primary N) is 2. The van der Waals surface area contributed by atoms with Crippen LogP contribution in [0.2, 0.25) is 0 Å². The first kappa shape index (κ1) is 17.4. The molecule has 0 unspecified atom stereocenters. The second-order valence-electron chi connectivity index (χ2n) is 5.10. The normalized spacial score (nSPS) is 12.3. The van der Waals surface area contributed by atoms with Crippen molar-refractivity contribution in [3.8, 4) is 0 Å². The van der Waals surface area contributed by atoms with Gasteiger partial charge in [0.15, 0.2) is 5.16 Å². The number of anilines is 3. The van der Waals surface area contributed by atoms with Gasteiger partial charge in [-0.3, -0.25) is 10.1 Å². The lowest BCUT2D eigenvalue weighted by Crippen LogP contribution is -2.24. The molecule has 0 radical (unpaired) electrons. The smallest absolute Gasteiger partial charge is 0.239 e. The van der Waals surface area contributed by atoms with Crippen molar-refractivity contribution in [2.24, 2.45) is 0 Å². The molecule has 0 bridgehead atoms. The zero-order valence-corrected chi connectivity index (χ0v) is 14.7. The Morgan fingerprint density at radius 1 is 1.30 bits per heavy atom. The average molecular weight is 353 g/mol. The van der Waals surface area contributed by atoms with E-state index in [-0.39, 0.29) is 28.7 Å². The number of amides is 1. The van der Waals surface area contributed by atoms with E-state index in [1.807, 2.05) is 20.8 Å². The van der Waals surface area contributed by atoms with E-state index in [1.54, 1.807) is 0 Å². The third kappa shape index (κ3) is 4.76. The molecule has 0 aromatic carbocycles. The molecule has 23 heavy (non-hydrogen) atoms. The van der Waals surface area contributed by atoms with Crippen molar-refractivity contribution in [2.75, 3.05) is 16.8 Å². The van der Waals surface area contributed by atoms with Crippen molar-refractivity contribution in [1.82, 2.24) is 20.2 Å². The van der Waals surface area contributed by atoms with Crippen molar-refractivity contribution < 1.29 is 4.79 Å². The SMILES string of the molecule is CC[C@@H](Sc1nc(N)cc(N)n1)C(=O)Nc1nnc(C(C)C)s1. The molecular weight excluding hydrogens is 334 g/mol. The number of carbonyl (C=O) groups excluding carboxylic acids is 1. The minimum atomic E-state index is -0.373. The lowest BCUT2D eigenvalue weighted by atomic mass is 10.2. The van der Waals surface area contributed by atoms with Crippen LogP contribution in [0.15, 0.2) is 11.2 Å². The van der Waals surface area contributed by atoms with Gasteiger partial charge in [-0.1, -0.05) is 43.9 Å². The number of nitrogens with zero attached hydrogens (tertiary/aromatic N) is 4. The minimum absolute atomic E-state index is 0.173. The summed E-state index contributed by atoms with van der Waals surface area (Å²) >= 11 is 2.59. The third-order valence-electron chi connectivity index (χ3n) is 2.82. The Kier molecular flexibility index (Phi) is 5.72. The summed E-state index contributed by atoms with van der Waals surface area (Å²) in [6.45, 7) is 5.96. The van der Waals surface area contributed by atoms with Crippen LogP contribution in [0.5, 0.6) is 0 Å². The molecule has 2 rings (SSSR count). The van der Waals surface area contributed by atoms with Crippen LogP contribution >= 0.6 is 23.1 Å². The first-order valence-electron chi connectivity index (χ1n) is 7.10. The second-order valence-corrected chi connectivity index (χ2v) is 7.28. The Labute approximate surface area is 142 Å². The van der Waals surface area contributed by atoms with Crippen LogP contribution in [0.25, 0.3) is 0 Å². The standard InChI is InChI=1S/C13H19N7OS2/c1-4-7(22-12-16-8(14)5-9(15)17-12)10(21)18-13-20-19-11(23-13)6(2)3/h5-7H,4H2,1-3H3,(H,18,20,21)(H4,14,15,16,17)/t7-/m1/s1. The van der Waals surface area contributed by atoms with Gasteiger partial charge in [-0.25, -0.2) is 9.97 Å². The summed E-state index contributed by atoms with van der Waals surface area (Å²) in [6, 6.07) is 1.47. The van der Waals surface area contributed by atoms with E-state index in [1.165, 1.54) is 29.2 Å². The Balaban J connectivity index is 2.05. The number of hydrogen-bond acceptors (Lipinski definition) is 9. The predicted molar refractivity (Wildman–Crippen MR) is 93.4 cm³/mol. The van der Waals surface area contributed by atoms with Crippen LogP contribution < -0.4 is 16.8 Å². The lowest BCUT2D eigenvalue weighted by Gasteiger charge is -2.12. The maximum absolute atomic E-state index is 12.4. The zero-order valence-electron chi connectivity index (χ0n) is 13.1. The molecular formula is C13H19N7OS2. The number of rotatable bonds is 6. The number of nitrogen functional groups attached to an aromatic ring is 2. The van der Waals surface area contributed by atoms with E-state index in [0.29, 0.717) is 16.7 Å². The van der Waals surface area contributed by atoms with Crippen molar-refractivity contribution in [3.63, 3.8) is 0 Å². The highest BCUT2D eigenvalue weighted by Gasteiger charge is 2.21. The van der Waals surface area contributed by atoms with E-state index in [9.17, 15) is 4.79 Å². The Hall–Kier alpha value is -1.94. The summed E-state index contributed by atoms with van der Waals surface area (Å²) < 4.78 is 0. The third-order valence-corrected chi connectivity index (χ3v) is 5.19. The van der Waals surface area contributed by atoms with Crippen LogP contribution in [-0.2, 0) is 4.79 Å². The van der Waals surface area contributed by atoms with Gasteiger partial charge in [-0.05, 0) is 6.42 Å². The maximum Gasteiger partial charge on any atom is 0.239 e. The topological polar surface area (TPSA) is 133 Å². The molecule has 0 saturated carbocycles. The molecule has 0 aliphatic heterocycles. The summed E-state index contributed by atoms with van der Waals surface area (Å²) in [4.78, 5) is 20.6. The zero-order chi connectivity index (χ0) is 17.0. The highest BCUT2D eigenvalue weighted by Crippen LogP contribution is 2.27. The Morgan fingerprint density at radius 2 is 1.96 bits per heavy atom. The summed E-state index contributed by atoms with van der Waals surface area (Å²) in [5.74, 6) is 0.661. The summed E-state index contributed by atoms with van der Waals surface area (Å²) in [5, 5.41) is 12.2. The van der Waals surface area contributed by atoms with Crippen molar-refractivity contribution in [3.05, 3.63) is 11.1 Å². The molecule has 8 nitrogen and oxygen atoms in total. The van der Waals surface area contributed by atoms with Crippen molar-refractivity contribution in [1.29, 1.82) is 0 Å². The highest BCUT2D eigenvalue weighted by molar-refractivity contribution is 8.00. The molecule has 0 spiro atoms. The lowest BCUT2D eigenvalue weighted by molar-refractivity contribution is -0.115. The fourth-order valence-electron chi connectivity index (χ4n) is 1.67. The van der Waals surface area contributed by atoms with E-state index in [0.717, 1.165) is 5.01 Å². The van der Waals surface area contributed by atoms with Crippen LogP contribution in [0.1, 0.15) is 38.1 Å². The fraction of sp³-hybridized carbons (Fsp3) is 0.462. The van der Waals surface area contributed by atoms with Crippen LogP contribution in [-0.4, -0.2) is 31.3 Å². The van der Waals surface area contributed by atoms with Crippen LogP contribution in [0.4, 0.5) is 16.8 Å². The van der Waals surface area contributed by atoms with Gasteiger partial charge in [-0.15, -0.1) is 10.2 Å². The molecule has 1 amide bonds. The molecule has 1 atom stereocenters. The molecule has 5 N–H and O–H groups in total. The molecule has 0 saturated heterocycles. The summed E-state index contributed by atoms with van der Waals surface area (Å²) in [7, 11) is 0. The first-order valence-corrected chi connectivity index (χ1v) is 8.79. The highest BCUT2D eigenvalue weighted by atomic mass is 32.2. The summed E-state index contributed by atoms with van der Waals surface area (Å²) in [5.41, 5.74) is 11.3. The molecule has 2 aromatic rings. The number of nitrogens with one attached hydrogen (secondary N) is 1. The largest absolute Gasteiger partial charge is 0.383 e. The minimum Gasteiger partial charge on any atom is -0.383 e. The molecule has 0 aliphatic rings. The van der Waals surface area contributed by atoms with E-state index >= 15 is 0 Å². The first-order chi connectivity index (χ1) is 10.9. The fourth-order valence-corrected chi connectivity index (χ4v) is 3.32. The monoisotopic (exact) mass is 353 g/mol. The number of hydrogen-bond donors (Lipinski definition) is 3. The van der Waals surface area contributed by atoms with E-state index in [2.05, 4.69) is 25.5 Å². The molecule has 2 heterocycles. The average Bonchev–Trinajstić information content (AvgIpc) is 2.92. The Bertz CT molecular complexity index is 668. The Morgan fingerprint density at radius 3 is 2.48 bits per heavy atom. The molecule has 0 aliphatic carbocycles. The number of aromatic nitrogens is 4. The van der Waals surface area contributed by atoms with Gasteiger partial charge in [-0.2, -0.15) is 0 Å². The van der Waals surface area contributed by atoms with E-state index < -0.39 is 0 Å². The van der Waals surface area contributed by atoms with Gasteiger partial charge in [0.25, 0.3) is 0 Å². The van der Waals surface area contributed by atoms with Gasteiger partial charge in [0.1, 0.15) is 16.6 Å². The molecule has 0 fully saturated rings. The van der Waals surface area contributed by atoms with Gasteiger partial charge < -0.3 is 11.5 Å². The van der Waals surface area contributed by atoms with Gasteiger partial charge in [0, 0.05) is 12.0 Å². The second kappa shape index (κ2) is 7.55. The van der Waals surface area contributed by atoms with Crippen LogP contribution in [0, 0.1) is 0 Å². The molecule has 2 aromatic heterocycles. The quantitative estimate of drug-likeness (QED) is 0.531. The van der Waals surface area contributed by atoms with Crippen molar-refractivity contribution >= 4 is 45.8 Å². The van der Waals surface area contributed by atoms with Crippen molar-refractivity contribution in [2.45, 2.75) is 43.5 Å². The van der Waals surface area contributed by atoms with E-state index in [4.69, 9.17) is 11.5 Å². The number of thioether (sulfide) groups is 1. The number of carbonyl (C=O) groups is 1. The van der Waals surface area contributed by atoms with Gasteiger partial charge >= 0.3 is 0 Å². The molecule has 10 heteroatoms. The van der Waals surface area contributed by atoms with Crippen LogP contribution in [0.3, 0.4) is 0 Å². The van der Waals surface area contributed by atoms with Gasteiger partial charge in [0.2, 0.25) is 11.0 Å². The predicted octanol–water partition coefficient (Wildman–Crippen LogP) is 2.13. The van der Waals surface area contributed by atoms with Gasteiger partial charge in [0.05, 0.1) is 5.25 Å².